The first-order chi connectivity index (χ1) is 9.27. The van der Waals surface area contributed by atoms with Gasteiger partial charge in [0.05, 0.1) is 0 Å². The van der Waals surface area contributed by atoms with Crippen molar-refractivity contribution in [1.29, 1.82) is 0 Å². The molecule has 0 spiro atoms. The summed E-state index contributed by atoms with van der Waals surface area (Å²) in [6.07, 6.45) is -4.54. The summed E-state index contributed by atoms with van der Waals surface area (Å²) in [5.41, 5.74) is 1.76. The topological polar surface area (TPSA) is 37.8 Å². The number of rotatable bonds is 3. The summed E-state index contributed by atoms with van der Waals surface area (Å²) < 4.78 is 53.7. The Balaban J connectivity index is 2.08. The van der Waals surface area contributed by atoms with Crippen LogP contribution < -0.4 is 5.32 Å². The number of aryl methyl sites for hydroxylation is 2. The van der Waals surface area contributed by atoms with Gasteiger partial charge in [-0.15, -0.1) is 0 Å². The zero-order chi connectivity index (χ0) is 14.9. The fourth-order valence-electron chi connectivity index (χ4n) is 1.73. The number of halogens is 4. The van der Waals surface area contributed by atoms with Gasteiger partial charge in [0, 0.05) is 18.1 Å². The van der Waals surface area contributed by atoms with Gasteiger partial charge in [-0.25, -0.2) is 4.39 Å². The Labute approximate surface area is 116 Å². The summed E-state index contributed by atoms with van der Waals surface area (Å²) in [7, 11) is 0. The van der Waals surface area contributed by atoms with Crippen LogP contribution in [0.25, 0.3) is 0 Å². The van der Waals surface area contributed by atoms with Crippen molar-refractivity contribution in [2.45, 2.75) is 26.6 Å². The van der Waals surface area contributed by atoms with Gasteiger partial charge in [0.15, 0.2) is 0 Å². The summed E-state index contributed by atoms with van der Waals surface area (Å²) in [6, 6.07) is 3.28. The molecular formula is C12H11F4N3S. The van der Waals surface area contributed by atoms with Gasteiger partial charge < -0.3 is 5.32 Å². The van der Waals surface area contributed by atoms with Crippen molar-refractivity contribution in [3.8, 4) is 0 Å². The number of nitrogens with zero attached hydrogens (tertiary/aromatic N) is 2. The van der Waals surface area contributed by atoms with Crippen LogP contribution in [0.15, 0.2) is 12.1 Å². The molecule has 1 heterocycles. The summed E-state index contributed by atoms with van der Waals surface area (Å²) >= 11 is 0.641. The van der Waals surface area contributed by atoms with Crippen LogP contribution in [-0.2, 0) is 12.7 Å². The lowest BCUT2D eigenvalue weighted by Crippen LogP contribution is -2.08. The second kappa shape index (κ2) is 5.35. The molecular weight excluding hydrogens is 294 g/mol. The molecule has 1 aromatic carbocycles. The summed E-state index contributed by atoms with van der Waals surface area (Å²) in [4.78, 5) is 3.36. The molecule has 0 bridgehead atoms. The van der Waals surface area contributed by atoms with Gasteiger partial charge in [-0.3, -0.25) is 0 Å². The highest BCUT2D eigenvalue weighted by Gasteiger charge is 2.36. The van der Waals surface area contributed by atoms with Gasteiger partial charge in [-0.1, -0.05) is 12.1 Å². The fourth-order valence-corrected chi connectivity index (χ4v) is 2.31. The highest BCUT2D eigenvalue weighted by atomic mass is 32.1. The molecule has 108 valence electrons. The van der Waals surface area contributed by atoms with E-state index in [1.165, 1.54) is 0 Å². The SMILES string of the molecule is Cc1cc(CNc2nc(C(F)(F)F)ns2)cc(C)c1F. The molecule has 0 atom stereocenters. The third kappa shape index (κ3) is 3.24. The highest BCUT2D eigenvalue weighted by Crippen LogP contribution is 2.29. The average molecular weight is 305 g/mol. The van der Waals surface area contributed by atoms with Crippen molar-refractivity contribution in [3.05, 3.63) is 40.5 Å². The van der Waals surface area contributed by atoms with Crippen molar-refractivity contribution in [2.75, 3.05) is 5.32 Å². The van der Waals surface area contributed by atoms with Gasteiger partial charge >= 0.3 is 6.18 Å². The van der Waals surface area contributed by atoms with Gasteiger partial charge in [-0.2, -0.15) is 22.5 Å². The van der Waals surface area contributed by atoms with Gasteiger partial charge in [0.2, 0.25) is 11.0 Å². The van der Waals surface area contributed by atoms with E-state index in [1.807, 2.05) is 0 Å². The first-order valence-corrected chi connectivity index (χ1v) is 6.45. The first-order valence-electron chi connectivity index (χ1n) is 5.68. The molecule has 3 nitrogen and oxygen atoms in total. The summed E-state index contributed by atoms with van der Waals surface area (Å²) in [5, 5.41) is 2.83. The molecule has 0 amide bonds. The lowest BCUT2D eigenvalue weighted by molar-refractivity contribution is -0.144. The van der Waals surface area contributed by atoms with Crippen molar-refractivity contribution in [2.24, 2.45) is 0 Å². The standard InChI is InChI=1S/C12H11F4N3S/c1-6-3-8(4-7(2)9(6)13)5-17-11-18-10(19-20-11)12(14,15)16/h3-4H,5H2,1-2H3,(H,17,18,19). The third-order valence-corrected chi connectivity index (χ3v) is 3.29. The molecule has 20 heavy (non-hydrogen) atoms. The molecule has 1 N–H and O–H groups in total. The highest BCUT2D eigenvalue weighted by molar-refractivity contribution is 7.09. The van der Waals surface area contributed by atoms with Crippen LogP contribution in [0.3, 0.4) is 0 Å². The van der Waals surface area contributed by atoms with Crippen molar-refractivity contribution in [3.63, 3.8) is 0 Å². The number of alkyl halides is 3. The number of nitrogens with one attached hydrogen (secondary N) is 1. The Hall–Kier alpha value is -1.70. The summed E-state index contributed by atoms with van der Waals surface area (Å²) in [5.74, 6) is -1.43. The molecule has 0 unspecified atom stereocenters. The molecule has 0 fully saturated rings. The number of anilines is 1. The quantitative estimate of drug-likeness (QED) is 0.873. The minimum absolute atomic E-state index is 0.0805. The first kappa shape index (κ1) is 14.7. The van der Waals surface area contributed by atoms with Gasteiger partial charge in [0.1, 0.15) is 5.82 Å². The Bertz CT molecular complexity index is 598. The third-order valence-electron chi connectivity index (χ3n) is 2.62. The van der Waals surface area contributed by atoms with Crippen molar-refractivity contribution < 1.29 is 17.6 Å². The second-order valence-corrected chi connectivity index (χ2v) is 5.07. The molecule has 2 aromatic rings. The van der Waals surface area contributed by atoms with Crippen molar-refractivity contribution >= 4 is 16.7 Å². The van der Waals surface area contributed by atoms with Crippen LogP contribution in [0.5, 0.6) is 0 Å². The monoisotopic (exact) mass is 305 g/mol. The van der Waals surface area contributed by atoms with E-state index in [1.54, 1.807) is 26.0 Å². The van der Waals surface area contributed by atoms with Crippen LogP contribution in [0.2, 0.25) is 0 Å². The number of hydrogen-bond donors (Lipinski definition) is 1. The Kier molecular flexibility index (Phi) is 3.94. The molecule has 0 radical (unpaired) electrons. The van der Waals surface area contributed by atoms with Gasteiger partial charge in [0.25, 0.3) is 0 Å². The lowest BCUT2D eigenvalue weighted by atomic mass is 10.1. The Morgan fingerprint density at radius 2 is 1.80 bits per heavy atom. The Morgan fingerprint density at radius 3 is 2.30 bits per heavy atom. The molecule has 0 aliphatic carbocycles. The fraction of sp³-hybridized carbons (Fsp3) is 0.333. The maximum absolute atomic E-state index is 13.4. The van der Waals surface area contributed by atoms with Gasteiger partial charge in [-0.05, 0) is 30.5 Å². The maximum Gasteiger partial charge on any atom is 0.452 e. The predicted molar refractivity (Wildman–Crippen MR) is 68.1 cm³/mol. The zero-order valence-corrected chi connectivity index (χ0v) is 11.5. The van der Waals surface area contributed by atoms with Crippen LogP contribution in [0, 0.1) is 19.7 Å². The van der Waals surface area contributed by atoms with Crippen LogP contribution >= 0.6 is 11.5 Å². The normalized spacial score (nSPS) is 11.7. The largest absolute Gasteiger partial charge is 0.452 e. The maximum atomic E-state index is 13.4. The van der Waals surface area contributed by atoms with E-state index in [9.17, 15) is 17.6 Å². The molecule has 0 aliphatic rings. The van der Waals surface area contributed by atoms with E-state index in [0.29, 0.717) is 22.7 Å². The van der Waals surface area contributed by atoms with Crippen LogP contribution in [0.4, 0.5) is 22.7 Å². The minimum Gasteiger partial charge on any atom is -0.356 e. The zero-order valence-electron chi connectivity index (χ0n) is 10.7. The molecule has 0 aliphatic heterocycles. The van der Waals surface area contributed by atoms with E-state index >= 15 is 0 Å². The second-order valence-electron chi connectivity index (χ2n) is 4.32. The molecule has 0 saturated carbocycles. The Morgan fingerprint density at radius 1 is 1.20 bits per heavy atom. The summed E-state index contributed by atoms with van der Waals surface area (Å²) in [6.45, 7) is 3.53. The predicted octanol–water partition coefficient (Wildman–Crippen LogP) is 3.92. The molecule has 1 aromatic heterocycles. The number of aromatic nitrogens is 2. The van der Waals surface area contributed by atoms with E-state index < -0.39 is 12.0 Å². The van der Waals surface area contributed by atoms with E-state index in [4.69, 9.17) is 0 Å². The van der Waals surface area contributed by atoms with E-state index in [-0.39, 0.29) is 17.5 Å². The minimum atomic E-state index is -4.54. The average Bonchev–Trinajstić information content (AvgIpc) is 2.82. The van der Waals surface area contributed by atoms with Crippen LogP contribution in [-0.4, -0.2) is 9.36 Å². The van der Waals surface area contributed by atoms with Crippen molar-refractivity contribution in [1.82, 2.24) is 9.36 Å². The number of hydrogen-bond acceptors (Lipinski definition) is 4. The van der Waals surface area contributed by atoms with Crippen LogP contribution in [0.1, 0.15) is 22.5 Å². The molecule has 0 saturated heterocycles. The molecule has 2 rings (SSSR count). The number of benzene rings is 1. The lowest BCUT2D eigenvalue weighted by Gasteiger charge is -2.07. The van der Waals surface area contributed by atoms with E-state index in [2.05, 4.69) is 14.7 Å². The smallest absolute Gasteiger partial charge is 0.356 e. The van der Waals surface area contributed by atoms with E-state index in [0.717, 1.165) is 5.56 Å². The molecule has 8 heteroatoms.